The molecule has 0 saturated heterocycles. The van der Waals surface area contributed by atoms with Crippen LogP contribution in [-0.2, 0) is 19.4 Å². The first kappa shape index (κ1) is 21.2. The number of guanidine groups is 1. The summed E-state index contributed by atoms with van der Waals surface area (Å²) in [5.41, 5.74) is 2.64. The molecule has 2 aromatic heterocycles. The Labute approximate surface area is 177 Å². The topological polar surface area (TPSA) is 54.2 Å². The van der Waals surface area contributed by atoms with Gasteiger partial charge in [-0.05, 0) is 58.2 Å². The van der Waals surface area contributed by atoms with Gasteiger partial charge in [-0.2, -0.15) is 5.10 Å². The minimum Gasteiger partial charge on any atom is -0.357 e. The van der Waals surface area contributed by atoms with Gasteiger partial charge >= 0.3 is 0 Å². The second kappa shape index (κ2) is 9.73. The molecule has 0 spiro atoms. The molecule has 144 valence electrons. The van der Waals surface area contributed by atoms with Crippen molar-refractivity contribution in [2.24, 2.45) is 4.99 Å². The van der Waals surface area contributed by atoms with Crippen molar-refractivity contribution in [2.45, 2.75) is 65.6 Å². The number of aliphatic imine (C=N–C) groups is 1. The molecule has 0 saturated carbocycles. The van der Waals surface area contributed by atoms with Crippen LogP contribution in [0.3, 0.4) is 0 Å². The van der Waals surface area contributed by atoms with Crippen LogP contribution in [0.2, 0.25) is 0 Å². The maximum absolute atomic E-state index is 4.77. The van der Waals surface area contributed by atoms with Gasteiger partial charge in [0.2, 0.25) is 0 Å². The van der Waals surface area contributed by atoms with Crippen molar-refractivity contribution < 1.29 is 0 Å². The van der Waals surface area contributed by atoms with Gasteiger partial charge in [-0.3, -0.25) is 4.68 Å². The Morgan fingerprint density at radius 2 is 2.23 bits per heavy atom. The zero-order valence-corrected chi connectivity index (χ0v) is 19.2. The van der Waals surface area contributed by atoms with Gasteiger partial charge in [-0.15, -0.1) is 35.3 Å². The fourth-order valence-electron chi connectivity index (χ4n) is 3.14. The number of nitrogens with zero attached hydrogens (tertiary/aromatic N) is 3. The first-order chi connectivity index (χ1) is 12.0. The summed E-state index contributed by atoms with van der Waals surface area (Å²) in [6.45, 7) is 10.2. The molecule has 7 heteroatoms. The van der Waals surface area contributed by atoms with E-state index in [4.69, 9.17) is 10.1 Å². The lowest BCUT2D eigenvalue weighted by molar-refractivity contribution is 0.499. The van der Waals surface area contributed by atoms with Crippen molar-refractivity contribution in [1.29, 1.82) is 0 Å². The van der Waals surface area contributed by atoms with E-state index in [0.29, 0.717) is 12.1 Å². The molecule has 0 aliphatic heterocycles. The van der Waals surface area contributed by atoms with Gasteiger partial charge in [0, 0.05) is 41.0 Å². The fourth-order valence-corrected chi connectivity index (χ4v) is 3.96. The lowest BCUT2D eigenvalue weighted by Gasteiger charge is -2.24. The van der Waals surface area contributed by atoms with E-state index in [0.717, 1.165) is 38.3 Å². The molecule has 5 nitrogen and oxygen atoms in total. The maximum Gasteiger partial charge on any atom is 0.191 e. The molecule has 1 aliphatic carbocycles. The molecule has 2 heterocycles. The van der Waals surface area contributed by atoms with Gasteiger partial charge < -0.3 is 10.6 Å². The first-order valence-electron chi connectivity index (χ1n) is 9.22. The van der Waals surface area contributed by atoms with E-state index in [-0.39, 0.29) is 24.0 Å². The summed E-state index contributed by atoms with van der Waals surface area (Å²) in [6, 6.07) is 5.14. The Kier molecular flexibility index (Phi) is 7.94. The van der Waals surface area contributed by atoms with Crippen LogP contribution >= 0.6 is 35.3 Å². The van der Waals surface area contributed by atoms with E-state index >= 15 is 0 Å². The maximum atomic E-state index is 4.77. The molecule has 2 N–H and O–H groups in total. The molecule has 1 atom stereocenters. The van der Waals surface area contributed by atoms with E-state index in [1.165, 1.54) is 21.0 Å². The molecular weight excluding hydrogens is 457 g/mol. The molecule has 0 amide bonds. The summed E-state index contributed by atoms with van der Waals surface area (Å²) in [5.74, 6) is 0.908. The largest absolute Gasteiger partial charge is 0.357 e. The third-order valence-electron chi connectivity index (χ3n) is 4.50. The Morgan fingerprint density at radius 1 is 1.42 bits per heavy atom. The fraction of sp³-hybridized carbons (Fsp3) is 0.579. The number of aromatic nitrogens is 2. The van der Waals surface area contributed by atoms with E-state index in [2.05, 4.69) is 61.3 Å². The third-order valence-corrected chi connectivity index (χ3v) is 5.49. The van der Waals surface area contributed by atoms with Crippen LogP contribution < -0.4 is 10.6 Å². The van der Waals surface area contributed by atoms with Gasteiger partial charge in [0.15, 0.2) is 5.96 Å². The van der Waals surface area contributed by atoms with Crippen molar-refractivity contribution >= 4 is 41.3 Å². The minimum atomic E-state index is 0. The monoisotopic (exact) mass is 487 g/mol. The SMILES string of the molecule is CCNC(=NCc1ccc(C)s1)NC1CCc2cn(C(C)C)nc2C1.I. The van der Waals surface area contributed by atoms with E-state index in [1.54, 1.807) is 0 Å². The summed E-state index contributed by atoms with van der Waals surface area (Å²) in [6.07, 6.45) is 5.40. The van der Waals surface area contributed by atoms with Gasteiger partial charge in [0.25, 0.3) is 0 Å². The summed E-state index contributed by atoms with van der Waals surface area (Å²) in [5, 5.41) is 11.7. The van der Waals surface area contributed by atoms with Crippen LogP contribution in [-0.4, -0.2) is 28.3 Å². The van der Waals surface area contributed by atoms with Crippen molar-refractivity contribution in [2.75, 3.05) is 6.54 Å². The van der Waals surface area contributed by atoms with E-state index < -0.39 is 0 Å². The van der Waals surface area contributed by atoms with Crippen molar-refractivity contribution in [1.82, 2.24) is 20.4 Å². The Balaban J connectivity index is 0.00000243. The Hall–Kier alpha value is -1.09. The van der Waals surface area contributed by atoms with Crippen LogP contribution in [0.4, 0.5) is 0 Å². The smallest absolute Gasteiger partial charge is 0.191 e. The van der Waals surface area contributed by atoms with Crippen LogP contribution in [0.1, 0.15) is 54.2 Å². The van der Waals surface area contributed by atoms with Crippen LogP contribution in [0.25, 0.3) is 0 Å². The number of hydrogen-bond donors (Lipinski definition) is 2. The highest BCUT2D eigenvalue weighted by atomic mass is 127. The number of hydrogen-bond acceptors (Lipinski definition) is 3. The number of aryl methyl sites for hydroxylation is 2. The molecular formula is C19H30IN5S. The molecule has 0 bridgehead atoms. The molecule has 26 heavy (non-hydrogen) atoms. The van der Waals surface area contributed by atoms with E-state index in [9.17, 15) is 0 Å². The number of nitrogens with one attached hydrogen (secondary N) is 2. The van der Waals surface area contributed by atoms with Crippen LogP contribution in [0.15, 0.2) is 23.3 Å². The molecule has 3 rings (SSSR count). The molecule has 0 fully saturated rings. The second-order valence-electron chi connectivity index (χ2n) is 6.97. The third kappa shape index (κ3) is 5.45. The highest BCUT2D eigenvalue weighted by molar-refractivity contribution is 14.0. The lowest BCUT2D eigenvalue weighted by atomic mass is 9.94. The second-order valence-corrected chi connectivity index (χ2v) is 8.34. The number of fused-ring (bicyclic) bond motifs is 1. The number of halogens is 1. The minimum absolute atomic E-state index is 0. The number of thiophene rings is 1. The molecule has 0 aromatic carbocycles. The Morgan fingerprint density at radius 3 is 2.88 bits per heavy atom. The van der Waals surface area contributed by atoms with Crippen molar-refractivity contribution in [3.05, 3.63) is 39.3 Å². The number of rotatable bonds is 5. The zero-order valence-electron chi connectivity index (χ0n) is 16.1. The van der Waals surface area contributed by atoms with Gasteiger partial charge in [0.05, 0.1) is 12.2 Å². The van der Waals surface area contributed by atoms with Crippen molar-refractivity contribution in [3.8, 4) is 0 Å². The highest BCUT2D eigenvalue weighted by Crippen LogP contribution is 2.22. The summed E-state index contributed by atoms with van der Waals surface area (Å²) in [7, 11) is 0. The van der Waals surface area contributed by atoms with Crippen molar-refractivity contribution in [3.63, 3.8) is 0 Å². The molecule has 1 unspecified atom stereocenters. The lowest BCUT2D eigenvalue weighted by Crippen LogP contribution is -2.45. The highest BCUT2D eigenvalue weighted by Gasteiger charge is 2.23. The quantitative estimate of drug-likeness (QED) is 0.380. The van der Waals surface area contributed by atoms with Crippen LogP contribution in [0, 0.1) is 6.92 Å². The average molecular weight is 487 g/mol. The molecule has 1 aliphatic rings. The predicted molar refractivity (Wildman–Crippen MR) is 121 cm³/mol. The van der Waals surface area contributed by atoms with Crippen LogP contribution in [0.5, 0.6) is 0 Å². The standard InChI is InChI=1S/C19H29N5S.HI/c1-5-20-19(21-11-17-9-6-14(4)25-17)22-16-8-7-15-12-24(13(2)3)23-18(15)10-16;/h6,9,12-13,16H,5,7-8,10-11H2,1-4H3,(H2,20,21,22);1H. The normalized spacial score (nSPS) is 17.0. The predicted octanol–water partition coefficient (Wildman–Crippen LogP) is 4.06. The first-order valence-corrected chi connectivity index (χ1v) is 10.0. The molecule has 2 aromatic rings. The van der Waals surface area contributed by atoms with Gasteiger partial charge in [0.1, 0.15) is 0 Å². The summed E-state index contributed by atoms with van der Waals surface area (Å²) >= 11 is 1.81. The Bertz CT molecular complexity index is 734. The zero-order chi connectivity index (χ0) is 17.8. The summed E-state index contributed by atoms with van der Waals surface area (Å²) in [4.78, 5) is 7.40. The van der Waals surface area contributed by atoms with E-state index in [1.807, 2.05) is 11.3 Å². The van der Waals surface area contributed by atoms with Gasteiger partial charge in [-0.1, -0.05) is 0 Å². The molecule has 0 radical (unpaired) electrons. The average Bonchev–Trinajstić information content (AvgIpc) is 3.18. The van der Waals surface area contributed by atoms with Gasteiger partial charge in [-0.25, -0.2) is 4.99 Å². The summed E-state index contributed by atoms with van der Waals surface area (Å²) < 4.78 is 2.09.